The molecule has 0 saturated heterocycles. The maximum atomic E-state index is 9.27. The molecule has 2 nitrogen and oxygen atoms in total. The molecule has 0 aromatic carbocycles. The fraction of sp³-hybridized carbons (Fsp3) is 0.500. The van der Waals surface area contributed by atoms with Crippen LogP contribution in [0.3, 0.4) is 0 Å². The Morgan fingerprint density at radius 2 is 2.60 bits per heavy atom. The van der Waals surface area contributed by atoms with Gasteiger partial charge in [0.05, 0.1) is 0 Å². The Hall–Kier alpha value is 0.0700. The maximum Gasteiger partial charge on any atom is 0.123 e. The van der Waals surface area contributed by atoms with E-state index in [1.807, 2.05) is 12.3 Å². The summed E-state index contributed by atoms with van der Waals surface area (Å²) >= 11 is 4.69. The molecule has 0 radical (unpaired) electrons. The van der Waals surface area contributed by atoms with Crippen LogP contribution in [0.2, 0.25) is 0 Å². The lowest BCUT2D eigenvalue weighted by Gasteiger charge is -2.00. The number of hydrogen-bond donors (Lipinski definition) is 1. The Labute approximate surface area is 72.0 Å². The predicted molar refractivity (Wildman–Crippen MR) is 45.1 cm³/mol. The predicted octanol–water partition coefficient (Wildman–Crippen LogP) is 2.35. The lowest BCUT2D eigenvalue weighted by atomic mass is 10.3. The summed E-state index contributed by atoms with van der Waals surface area (Å²) in [7, 11) is 0. The van der Waals surface area contributed by atoms with Crippen LogP contribution in [0.4, 0.5) is 0 Å². The molecule has 1 N–H and O–H groups in total. The SMILES string of the molecule is CCC(O)c1nc(Br)cs1. The molecule has 4 heteroatoms. The van der Waals surface area contributed by atoms with Crippen LogP contribution in [-0.4, -0.2) is 10.1 Å². The molecule has 56 valence electrons. The molecule has 0 amide bonds. The first-order valence-electron chi connectivity index (χ1n) is 3.03. The van der Waals surface area contributed by atoms with Crippen molar-refractivity contribution in [2.45, 2.75) is 19.4 Å². The van der Waals surface area contributed by atoms with Crippen LogP contribution in [0.25, 0.3) is 0 Å². The van der Waals surface area contributed by atoms with Crippen LogP contribution >= 0.6 is 27.3 Å². The Morgan fingerprint density at radius 1 is 1.90 bits per heavy atom. The van der Waals surface area contributed by atoms with Gasteiger partial charge in [-0.05, 0) is 22.4 Å². The van der Waals surface area contributed by atoms with Crippen LogP contribution in [-0.2, 0) is 0 Å². The highest BCUT2D eigenvalue weighted by atomic mass is 79.9. The van der Waals surface area contributed by atoms with Gasteiger partial charge in [0.1, 0.15) is 15.7 Å². The van der Waals surface area contributed by atoms with E-state index >= 15 is 0 Å². The Kier molecular flexibility index (Phi) is 2.82. The van der Waals surface area contributed by atoms with Crippen LogP contribution in [0, 0.1) is 0 Å². The van der Waals surface area contributed by atoms with E-state index in [-0.39, 0.29) is 0 Å². The number of halogens is 1. The van der Waals surface area contributed by atoms with Gasteiger partial charge in [-0.1, -0.05) is 6.92 Å². The van der Waals surface area contributed by atoms with E-state index in [0.717, 1.165) is 16.0 Å². The molecule has 1 rings (SSSR count). The third-order valence-electron chi connectivity index (χ3n) is 1.17. The second-order valence-corrected chi connectivity index (χ2v) is 3.63. The molecule has 0 aliphatic heterocycles. The Bertz CT molecular complexity index is 213. The normalized spacial score (nSPS) is 13.5. The molecular formula is C6H8BrNOS. The van der Waals surface area contributed by atoms with Gasteiger partial charge in [-0.15, -0.1) is 11.3 Å². The average molecular weight is 222 g/mol. The van der Waals surface area contributed by atoms with Gasteiger partial charge in [-0.2, -0.15) is 0 Å². The minimum atomic E-state index is -0.392. The van der Waals surface area contributed by atoms with Crippen molar-refractivity contribution in [3.05, 3.63) is 15.0 Å². The first-order chi connectivity index (χ1) is 4.74. The number of aromatic nitrogens is 1. The summed E-state index contributed by atoms with van der Waals surface area (Å²) in [5, 5.41) is 11.9. The number of rotatable bonds is 2. The van der Waals surface area contributed by atoms with Crippen LogP contribution in [0.15, 0.2) is 9.98 Å². The van der Waals surface area contributed by atoms with Gasteiger partial charge in [0.2, 0.25) is 0 Å². The summed E-state index contributed by atoms with van der Waals surface area (Å²) in [6.07, 6.45) is 0.330. The average Bonchev–Trinajstić information content (AvgIpc) is 2.34. The van der Waals surface area contributed by atoms with Crippen molar-refractivity contribution < 1.29 is 5.11 Å². The molecule has 1 heterocycles. The molecule has 0 saturated carbocycles. The molecule has 0 fully saturated rings. The van der Waals surface area contributed by atoms with E-state index in [9.17, 15) is 5.11 Å². The van der Waals surface area contributed by atoms with Crippen molar-refractivity contribution >= 4 is 27.3 Å². The lowest BCUT2D eigenvalue weighted by Crippen LogP contribution is -1.92. The number of aliphatic hydroxyl groups excluding tert-OH is 1. The van der Waals surface area contributed by atoms with Gasteiger partial charge in [0.15, 0.2) is 0 Å². The summed E-state index contributed by atoms with van der Waals surface area (Å²) in [6, 6.07) is 0. The van der Waals surface area contributed by atoms with Gasteiger partial charge in [-0.3, -0.25) is 0 Å². The third kappa shape index (κ3) is 1.78. The van der Waals surface area contributed by atoms with Gasteiger partial charge in [-0.25, -0.2) is 4.98 Å². The van der Waals surface area contributed by atoms with Crippen LogP contribution in [0.5, 0.6) is 0 Å². The Balaban J connectivity index is 2.74. The summed E-state index contributed by atoms with van der Waals surface area (Å²) in [5.74, 6) is 0. The quantitative estimate of drug-likeness (QED) is 0.833. The van der Waals surface area contributed by atoms with Crippen molar-refractivity contribution in [3.63, 3.8) is 0 Å². The van der Waals surface area contributed by atoms with E-state index in [1.165, 1.54) is 11.3 Å². The zero-order valence-corrected chi connectivity index (χ0v) is 7.94. The second-order valence-electron chi connectivity index (χ2n) is 1.93. The number of aliphatic hydroxyl groups is 1. The first kappa shape index (κ1) is 8.17. The minimum absolute atomic E-state index is 0.392. The molecule has 1 aromatic rings. The smallest absolute Gasteiger partial charge is 0.123 e. The van der Waals surface area contributed by atoms with E-state index in [1.54, 1.807) is 0 Å². The van der Waals surface area contributed by atoms with Gasteiger partial charge >= 0.3 is 0 Å². The van der Waals surface area contributed by atoms with E-state index < -0.39 is 6.10 Å². The summed E-state index contributed by atoms with van der Waals surface area (Å²) < 4.78 is 0.806. The molecule has 1 atom stereocenters. The van der Waals surface area contributed by atoms with Crippen LogP contribution < -0.4 is 0 Å². The standard InChI is InChI=1S/C6H8BrNOS/c1-2-4(9)6-8-5(7)3-10-6/h3-4,9H,2H2,1H3. The number of thiazole rings is 1. The summed E-state index contributed by atoms with van der Waals surface area (Å²) in [6.45, 7) is 1.93. The molecule has 1 unspecified atom stereocenters. The van der Waals surface area contributed by atoms with Crippen molar-refractivity contribution in [3.8, 4) is 0 Å². The van der Waals surface area contributed by atoms with E-state index in [2.05, 4.69) is 20.9 Å². The van der Waals surface area contributed by atoms with E-state index in [4.69, 9.17) is 0 Å². The van der Waals surface area contributed by atoms with E-state index in [0.29, 0.717) is 0 Å². The molecule has 10 heavy (non-hydrogen) atoms. The zero-order chi connectivity index (χ0) is 7.56. The molecule has 0 aliphatic carbocycles. The molecule has 1 aromatic heterocycles. The molecule has 0 bridgehead atoms. The van der Waals surface area contributed by atoms with Gasteiger partial charge < -0.3 is 5.11 Å². The largest absolute Gasteiger partial charge is 0.386 e. The molecule has 0 aliphatic rings. The lowest BCUT2D eigenvalue weighted by molar-refractivity contribution is 0.173. The summed E-state index contributed by atoms with van der Waals surface area (Å²) in [4.78, 5) is 4.07. The molecule has 0 spiro atoms. The number of nitrogens with zero attached hydrogens (tertiary/aromatic N) is 1. The zero-order valence-electron chi connectivity index (χ0n) is 5.54. The van der Waals surface area contributed by atoms with Crippen molar-refractivity contribution in [1.29, 1.82) is 0 Å². The minimum Gasteiger partial charge on any atom is -0.386 e. The van der Waals surface area contributed by atoms with Crippen molar-refractivity contribution in [2.24, 2.45) is 0 Å². The van der Waals surface area contributed by atoms with Crippen LogP contribution in [0.1, 0.15) is 24.5 Å². The van der Waals surface area contributed by atoms with Gasteiger partial charge in [0.25, 0.3) is 0 Å². The second kappa shape index (κ2) is 3.46. The third-order valence-corrected chi connectivity index (χ3v) is 2.82. The summed E-state index contributed by atoms with van der Waals surface area (Å²) in [5.41, 5.74) is 0. The highest BCUT2D eigenvalue weighted by Crippen LogP contribution is 2.22. The van der Waals surface area contributed by atoms with Crippen molar-refractivity contribution in [1.82, 2.24) is 4.98 Å². The first-order valence-corrected chi connectivity index (χ1v) is 4.70. The molecular weight excluding hydrogens is 214 g/mol. The highest BCUT2D eigenvalue weighted by Gasteiger charge is 2.07. The monoisotopic (exact) mass is 221 g/mol. The van der Waals surface area contributed by atoms with Crippen molar-refractivity contribution in [2.75, 3.05) is 0 Å². The highest BCUT2D eigenvalue weighted by molar-refractivity contribution is 9.10. The Morgan fingerprint density at radius 3 is 3.00 bits per heavy atom. The fourth-order valence-electron chi connectivity index (χ4n) is 0.595. The van der Waals surface area contributed by atoms with Gasteiger partial charge in [0, 0.05) is 5.38 Å². The fourth-order valence-corrected chi connectivity index (χ4v) is 1.93. The topological polar surface area (TPSA) is 33.1 Å². The maximum absolute atomic E-state index is 9.27. The number of hydrogen-bond acceptors (Lipinski definition) is 3.